The molecule has 1 amide bonds. The lowest BCUT2D eigenvalue weighted by atomic mass is 10.0. The number of rotatable bonds is 11. The number of unbranched alkanes of at least 4 members (excludes halogenated alkanes) is 1. The highest BCUT2D eigenvalue weighted by atomic mass is 19.1. The fourth-order valence-corrected chi connectivity index (χ4v) is 2.63. The van der Waals surface area contributed by atoms with E-state index in [0.717, 1.165) is 31.0 Å². The van der Waals surface area contributed by atoms with Crippen LogP contribution in [-0.4, -0.2) is 24.5 Å². The van der Waals surface area contributed by atoms with Crippen molar-refractivity contribution in [3.63, 3.8) is 0 Å². The Morgan fingerprint density at radius 3 is 2.57 bits per heavy atom. The summed E-state index contributed by atoms with van der Waals surface area (Å²) in [5.74, 6) is 0.0125. The lowest BCUT2D eigenvalue weighted by Crippen LogP contribution is -2.43. The molecule has 1 N–H and O–H groups in total. The van der Waals surface area contributed by atoms with E-state index in [0.29, 0.717) is 12.8 Å². The maximum Gasteiger partial charge on any atom is 0.328 e. The summed E-state index contributed by atoms with van der Waals surface area (Å²) in [7, 11) is 0. The highest BCUT2D eigenvalue weighted by molar-refractivity contribution is 5.91. The molecule has 1 aromatic rings. The van der Waals surface area contributed by atoms with E-state index in [4.69, 9.17) is 11.2 Å². The van der Waals surface area contributed by atoms with Gasteiger partial charge < -0.3 is 10.1 Å². The van der Waals surface area contributed by atoms with E-state index in [2.05, 4.69) is 18.2 Å². The predicted octanol–water partition coefficient (Wildman–Crippen LogP) is 3.94. The Balaban J connectivity index is 2.83. The van der Waals surface area contributed by atoms with Crippen LogP contribution in [0.4, 0.5) is 8.78 Å². The van der Waals surface area contributed by atoms with Gasteiger partial charge in [0, 0.05) is 18.9 Å². The van der Waals surface area contributed by atoms with Crippen LogP contribution in [0, 0.1) is 29.9 Å². The highest BCUT2D eigenvalue weighted by Crippen LogP contribution is 2.12. The molecule has 0 radical (unpaired) electrons. The molecule has 0 fully saturated rings. The molecular formula is C22H27F2NO3. The molecule has 2 unspecified atom stereocenters. The van der Waals surface area contributed by atoms with Gasteiger partial charge in [-0.25, -0.2) is 13.6 Å². The van der Waals surface area contributed by atoms with Crippen LogP contribution in [0.15, 0.2) is 30.4 Å². The summed E-state index contributed by atoms with van der Waals surface area (Å²) in [4.78, 5) is 24.5. The normalized spacial score (nSPS) is 13.0. The number of nitrogens with one attached hydrogen (secondary N) is 1. The van der Waals surface area contributed by atoms with Crippen LogP contribution in [0.25, 0.3) is 0 Å². The van der Waals surface area contributed by atoms with Crippen molar-refractivity contribution >= 4 is 11.9 Å². The van der Waals surface area contributed by atoms with Gasteiger partial charge in [0.15, 0.2) is 0 Å². The molecule has 28 heavy (non-hydrogen) atoms. The van der Waals surface area contributed by atoms with E-state index in [-0.39, 0.29) is 24.5 Å². The Kier molecular flexibility index (Phi) is 10.6. The summed E-state index contributed by atoms with van der Waals surface area (Å²) in [6, 6.07) is 1.92. The van der Waals surface area contributed by atoms with E-state index in [1.165, 1.54) is 6.08 Å². The Bertz CT molecular complexity index is 705. The molecule has 4 nitrogen and oxygen atoms in total. The first-order valence-electron chi connectivity index (χ1n) is 9.39. The maximum absolute atomic E-state index is 13.4. The number of carbonyl (C=O) groups is 2. The van der Waals surface area contributed by atoms with Crippen molar-refractivity contribution in [1.82, 2.24) is 5.32 Å². The first kappa shape index (κ1) is 23.4. The number of halogens is 2. The number of hydrogen-bond donors (Lipinski definition) is 1. The third kappa shape index (κ3) is 9.31. The van der Waals surface area contributed by atoms with Crippen molar-refractivity contribution in [2.45, 2.75) is 52.0 Å². The second-order valence-corrected chi connectivity index (χ2v) is 6.64. The van der Waals surface area contributed by atoms with Crippen molar-refractivity contribution in [1.29, 1.82) is 0 Å². The molecule has 0 aliphatic carbocycles. The van der Waals surface area contributed by atoms with Gasteiger partial charge in [0.2, 0.25) is 5.91 Å². The Morgan fingerprint density at radius 1 is 1.29 bits per heavy atom. The summed E-state index contributed by atoms with van der Waals surface area (Å²) in [5, 5.41) is 2.56. The third-order valence-corrected chi connectivity index (χ3v) is 3.99. The van der Waals surface area contributed by atoms with Gasteiger partial charge in [0.1, 0.15) is 17.7 Å². The van der Waals surface area contributed by atoms with E-state index in [9.17, 15) is 18.4 Å². The smallest absolute Gasteiger partial charge is 0.328 e. The minimum atomic E-state index is -1.06. The number of allylic oxidation sites excluding steroid dienone is 1. The molecular weight excluding hydrogens is 364 g/mol. The average molecular weight is 391 g/mol. The molecule has 0 saturated carbocycles. The second-order valence-electron chi connectivity index (χ2n) is 6.64. The van der Waals surface area contributed by atoms with E-state index >= 15 is 0 Å². The summed E-state index contributed by atoms with van der Waals surface area (Å²) < 4.78 is 32.0. The standard InChI is InChI=1S/C22H27F2NO3/c1-4-6-7-11-28-22(27)20(14-17-12-18(23)15-19(24)13-17)25-21(26)10-9-16(3)8-5-2/h1,9-10,12-13,15-16,20H,5-8,11,14H2,2-3H3,(H,25,26)/b10-9+. The van der Waals surface area contributed by atoms with Crippen LogP contribution in [0.2, 0.25) is 0 Å². The minimum Gasteiger partial charge on any atom is -0.464 e. The first-order chi connectivity index (χ1) is 13.3. The molecule has 2 atom stereocenters. The number of esters is 1. The molecule has 6 heteroatoms. The number of ether oxygens (including phenoxy) is 1. The van der Waals surface area contributed by atoms with Gasteiger partial charge in [-0.15, -0.1) is 12.3 Å². The number of terminal acetylenes is 1. The van der Waals surface area contributed by atoms with Gasteiger partial charge in [0.25, 0.3) is 0 Å². The highest BCUT2D eigenvalue weighted by Gasteiger charge is 2.22. The van der Waals surface area contributed by atoms with Crippen molar-refractivity contribution in [2.75, 3.05) is 6.61 Å². The molecule has 0 aliphatic rings. The average Bonchev–Trinajstić information content (AvgIpc) is 2.62. The van der Waals surface area contributed by atoms with Crippen molar-refractivity contribution in [3.8, 4) is 12.3 Å². The van der Waals surface area contributed by atoms with Gasteiger partial charge in [-0.2, -0.15) is 0 Å². The maximum atomic E-state index is 13.4. The molecule has 0 aromatic heterocycles. The van der Waals surface area contributed by atoms with Gasteiger partial charge in [-0.05, 0) is 42.5 Å². The quantitative estimate of drug-likeness (QED) is 0.269. The lowest BCUT2D eigenvalue weighted by molar-refractivity contribution is -0.147. The predicted molar refractivity (Wildman–Crippen MR) is 104 cm³/mol. The number of benzene rings is 1. The largest absolute Gasteiger partial charge is 0.464 e. The van der Waals surface area contributed by atoms with Gasteiger partial charge in [-0.1, -0.05) is 26.3 Å². The third-order valence-electron chi connectivity index (χ3n) is 3.99. The van der Waals surface area contributed by atoms with Crippen molar-refractivity contribution in [3.05, 3.63) is 47.5 Å². The lowest BCUT2D eigenvalue weighted by Gasteiger charge is -2.17. The fraction of sp³-hybridized carbons (Fsp3) is 0.455. The minimum absolute atomic E-state index is 0.0905. The van der Waals surface area contributed by atoms with E-state index in [1.54, 1.807) is 6.08 Å². The molecule has 1 aromatic carbocycles. The van der Waals surface area contributed by atoms with E-state index in [1.807, 2.05) is 6.92 Å². The van der Waals surface area contributed by atoms with Crippen LogP contribution in [-0.2, 0) is 20.7 Å². The van der Waals surface area contributed by atoms with Crippen molar-refractivity contribution < 1.29 is 23.1 Å². The molecule has 0 bridgehead atoms. The number of hydrogen-bond acceptors (Lipinski definition) is 3. The second kappa shape index (κ2) is 12.7. The molecule has 152 valence electrons. The number of amides is 1. The zero-order valence-electron chi connectivity index (χ0n) is 16.3. The van der Waals surface area contributed by atoms with E-state index < -0.39 is 29.6 Å². The topological polar surface area (TPSA) is 55.4 Å². The Labute approximate surface area is 165 Å². The monoisotopic (exact) mass is 391 g/mol. The van der Waals surface area contributed by atoms with Gasteiger partial charge >= 0.3 is 5.97 Å². The first-order valence-corrected chi connectivity index (χ1v) is 9.39. The SMILES string of the molecule is C#CCCCOC(=O)C(Cc1cc(F)cc(F)c1)NC(=O)/C=C/C(C)CCC. The molecule has 1 rings (SSSR count). The molecule has 0 spiro atoms. The molecule has 0 heterocycles. The zero-order valence-corrected chi connectivity index (χ0v) is 16.3. The van der Waals surface area contributed by atoms with Crippen LogP contribution in [0.3, 0.4) is 0 Å². The zero-order chi connectivity index (χ0) is 20.9. The fourth-order valence-electron chi connectivity index (χ4n) is 2.63. The summed E-state index contributed by atoms with van der Waals surface area (Å²) in [5.41, 5.74) is 0.242. The number of carbonyl (C=O) groups excluding carboxylic acids is 2. The van der Waals surface area contributed by atoms with Crippen molar-refractivity contribution in [2.24, 2.45) is 5.92 Å². The molecule has 0 saturated heterocycles. The van der Waals surface area contributed by atoms with Gasteiger partial charge in [0.05, 0.1) is 6.61 Å². The Morgan fingerprint density at radius 2 is 1.96 bits per heavy atom. The summed E-state index contributed by atoms with van der Waals surface area (Å²) in [6.07, 6.45) is 11.1. The summed E-state index contributed by atoms with van der Waals surface area (Å²) in [6.45, 7) is 4.14. The van der Waals surface area contributed by atoms with Crippen LogP contribution < -0.4 is 5.32 Å². The van der Waals surface area contributed by atoms with Crippen LogP contribution in [0.5, 0.6) is 0 Å². The van der Waals surface area contributed by atoms with Crippen LogP contribution in [0.1, 0.15) is 45.1 Å². The molecule has 0 aliphatic heterocycles. The van der Waals surface area contributed by atoms with Crippen LogP contribution >= 0.6 is 0 Å². The van der Waals surface area contributed by atoms with Gasteiger partial charge in [-0.3, -0.25) is 4.79 Å². The Hall–Kier alpha value is -2.68. The summed E-state index contributed by atoms with van der Waals surface area (Å²) >= 11 is 0.